The van der Waals surface area contributed by atoms with Crippen molar-refractivity contribution in [3.8, 4) is 0 Å². The molecule has 0 N–H and O–H groups in total. The Morgan fingerprint density at radius 3 is 2.40 bits per heavy atom. The zero-order chi connectivity index (χ0) is 7.72. The van der Waals surface area contributed by atoms with Gasteiger partial charge in [-0.2, -0.15) is 0 Å². The standard InChI is InChI=1S/C7H5FI2/c1-4-2-5(9)3-6(8)7(4)10/h2-3H,1H3. The first kappa shape index (κ1) is 8.70. The van der Waals surface area contributed by atoms with E-state index in [1.165, 1.54) is 6.07 Å². The van der Waals surface area contributed by atoms with E-state index in [4.69, 9.17) is 0 Å². The molecule has 0 radical (unpaired) electrons. The second-order valence-electron chi connectivity index (χ2n) is 2.02. The molecule has 0 saturated heterocycles. The van der Waals surface area contributed by atoms with Gasteiger partial charge in [0.25, 0.3) is 0 Å². The number of benzene rings is 1. The second-order valence-corrected chi connectivity index (χ2v) is 4.34. The van der Waals surface area contributed by atoms with Crippen LogP contribution in [0.5, 0.6) is 0 Å². The highest BCUT2D eigenvalue weighted by molar-refractivity contribution is 14.1. The van der Waals surface area contributed by atoms with Crippen LogP contribution < -0.4 is 0 Å². The predicted octanol–water partition coefficient (Wildman–Crippen LogP) is 3.34. The normalized spacial score (nSPS) is 10.0. The van der Waals surface area contributed by atoms with Crippen LogP contribution in [0, 0.1) is 19.9 Å². The van der Waals surface area contributed by atoms with E-state index in [0.29, 0.717) is 0 Å². The summed E-state index contributed by atoms with van der Waals surface area (Å²) in [5.41, 5.74) is 1.00. The Morgan fingerprint density at radius 1 is 1.30 bits per heavy atom. The third kappa shape index (κ3) is 1.81. The van der Waals surface area contributed by atoms with Gasteiger partial charge in [0.1, 0.15) is 5.82 Å². The summed E-state index contributed by atoms with van der Waals surface area (Å²) in [5, 5.41) is 0. The molecule has 10 heavy (non-hydrogen) atoms. The molecule has 54 valence electrons. The van der Waals surface area contributed by atoms with Gasteiger partial charge in [-0.1, -0.05) is 0 Å². The molecule has 0 spiro atoms. The molecule has 1 rings (SSSR count). The number of halogens is 3. The molecular formula is C7H5FI2. The van der Waals surface area contributed by atoms with Crippen molar-refractivity contribution in [1.29, 1.82) is 0 Å². The van der Waals surface area contributed by atoms with Crippen molar-refractivity contribution < 1.29 is 4.39 Å². The van der Waals surface area contributed by atoms with Gasteiger partial charge in [0, 0.05) is 3.57 Å². The van der Waals surface area contributed by atoms with E-state index in [1.807, 2.05) is 35.6 Å². The quantitative estimate of drug-likeness (QED) is 0.491. The van der Waals surface area contributed by atoms with Crippen molar-refractivity contribution in [2.24, 2.45) is 0 Å². The maximum atomic E-state index is 12.8. The number of hydrogen-bond donors (Lipinski definition) is 0. The van der Waals surface area contributed by atoms with Gasteiger partial charge >= 0.3 is 0 Å². The van der Waals surface area contributed by atoms with Gasteiger partial charge in [-0.3, -0.25) is 0 Å². The largest absolute Gasteiger partial charge is 0.206 e. The van der Waals surface area contributed by atoms with Crippen molar-refractivity contribution in [1.82, 2.24) is 0 Å². The maximum absolute atomic E-state index is 12.8. The van der Waals surface area contributed by atoms with E-state index < -0.39 is 0 Å². The first-order valence-electron chi connectivity index (χ1n) is 2.72. The molecule has 0 heterocycles. The molecule has 1 aromatic rings. The Hall–Kier alpha value is 0.610. The van der Waals surface area contributed by atoms with Gasteiger partial charge in [-0.05, 0) is 69.8 Å². The Labute approximate surface area is 86.5 Å². The zero-order valence-electron chi connectivity index (χ0n) is 5.29. The summed E-state index contributed by atoms with van der Waals surface area (Å²) in [7, 11) is 0. The van der Waals surface area contributed by atoms with Crippen molar-refractivity contribution >= 4 is 45.2 Å². The molecule has 0 saturated carbocycles. The highest BCUT2D eigenvalue weighted by atomic mass is 127. The van der Waals surface area contributed by atoms with Gasteiger partial charge in [0.05, 0.1) is 3.57 Å². The summed E-state index contributed by atoms with van der Waals surface area (Å²) in [6, 6.07) is 3.50. The minimum atomic E-state index is -0.120. The van der Waals surface area contributed by atoms with Gasteiger partial charge in [-0.25, -0.2) is 4.39 Å². The highest BCUT2D eigenvalue weighted by Crippen LogP contribution is 2.18. The lowest BCUT2D eigenvalue weighted by Gasteiger charge is -1.99. The minimum absolute atomic E-state index is 0.120. The van der Waals surface area contributed by atoms with Crippen LogP contribution in [-0.4, -0.2) is 0 Å². The minimum Gasteiger partial charge on any atom is -0.206 e. The second kappa shape index (κ2) is 3.34. The third-order valence-electron chi connectivity index (χ3n) is 1.17. The van der Waals surface area contributed by atoms with E-state index >= 15 is 0 Å². The number of aryl methyl sites for hydroxylation is 1. The summed E-state index contributed by atoms with van der Waals surface area (Å²) in [6.07, 6.45) is 0. The van der Waals surface area contributed by atoms with Gasteiger partial charge in [0.15, 0.2) is 0 Å². The molecule has 0 amide bonds. The molecule has 0 unspecified atom stereocenters. The third-order valence-corrected chi connectivity index (χ3v) is 3.16. The predicted molar refractivity (Wildman–Crippen MR) is 56.6 cm³/mol. The topological polar surface area (TPSA) is 0 Å². The maximum Gasteiger partial charge on any atom is 0.137 e. The summed E-state index contributed by atoms with van der Waals surface area (Å²) in [6.45, 7) is 1.91. The van der Waals surface area contributed by atoms with Crippen molar-refractivity contribution in [2.45, 2.75) is 6.92 Å². The van der Waals surface area contributed by atoms with Crippen LogP contribution in [0.3, 0.4) is 0 Å². The summed E-state index contributed by atoms with van der Waals surface area (Å²) < 4.78 is 14.5. The van der Waals surface area contributed by atoms with E-state index in [2.05, 4.69) is 22.6 Å². The highest BCUT2D eigenvalue weighted by Gasteiger charge is 2.02. The van der Waals surface area contributed by atoms with Crippen LogP contribution in [0.4, 0.5) is 4.39 Å². The van der Waals surface area contributed by atoms with Gasteiger partial charge in [0.2, 0.25) is 0 Å². The van der Waals surface area contributed by atoms with Crippen LogP contribution in [0.15, 0.2) is 12.1 Å². The Kier molecular flexibility index (Phi) is 2.91. The SMILES string of the molecule is Cc1cc(I)cc(F)c1I. The summed E-state index contributed by atoms with van der Waals surface area (Å²) in [4.78, 5) is 0. The summed E-state index contributed by atoms with van der Waals surface area (Å²) in [5.74, 6) is -0.120. The lowest BCUT2D eigenvalue weighted by Crippen LogP contribution is -1.87. The lowest BCUT2D eigenvalue weighted by molar-refractivity contribution is 0.617. The Bertz CT molecular complexity index is 235. The van der Waals surface area contributed by atoms with Gasteiger partial charge < -0.3 is 0 Å². The zero-order valence-corrected chi connectivity index (χ0v) is 9.60. The molecular weight excluding hydrogens is 357 g/mol. The van der Waals surface area contributed by atoms with Crippen LogP contribution >= 0.6 is 45.2 Å². The molecule has 0 nitrogen and oxygen atoms in total. The van der Waals surface area contributed by atoms with E-state index in [0.717, 1.165) is 12.7 Å². The molecule has 0 fully saturated rings. The molecule has 0 atom stereocenters. The van der Waals surface area contributed by atoms with Crippen LogP contribution in [0.2, 0.25) is 0 Å². The molecule has 0 bridgehead atoms. The van der Waals surface area contributed by atoms with Crippen molar-refractivity contribution in [3.63, 3.8) is 0 Å². The fourth-order valence-electron chi connectivity index (χ4n) is 0.685. The van der Waals surface area contributed by atoms with Crippen molar-refractivity contribution in [2.75, 3.05) is 0 Å². The average Bonchev–Trinajstić information content (AvgIpc) is 1.82. The molecule has 3 heteroatoms. The fourth-order valence-corrected chi connectivity index (χ4v) is 1.74. The van der Waals surface area contributed by atoms with Crippen molar-refractivity contribution in [3.05, 3.63) is 30.7 Å². The van der Waals surface area contributed by atoms with Crippen LogP contribution in [-0.2, 0) is 0 Å². The first-order chi connectivity index (χ1) is 4.61. The molecule has 0 aliphatic heterocycles. The van der Waals surface area contributed by atoms with E-state index in [1.54, 1.807) is 0 Å². The molecule has 0 aliphatic carbocycles. The van der Waals surface area contributed by atoms with E-state index in [9.17, 15) is 4.39 Å². The Morgan fingerprint density at radius 2 is 1.90 bits per heavy atom. The molecule has 0 aromatic heterocycles. The van der Waals surface area contributed by atoms with Crippen LogP contribution in [0.1, 0.15) is 5.56 Å². The molecule has 1 aromatic carbocycles. The van der Waals surface area contributed by atoms with Crippen LogP contribution in [0.25, 0.3) is 0 Å². The van der Waals surface area contributed by atoms with Gasteiger partial charge in [-0.15, -0.1) is 0 Å². The smallest absolute Gasteiger partial charge is 0.137 e. The molecule has 0 aliphatic rings. The van der Waals surface area contributed by atoms with E-state index in [-0.39, 0.29) is 5.82 Å². The lowest BCUT2D eigenvalue weighted by atomic mass is 10.2. The number of rotatable bonds is 0. The first-order valence-corrected chi connectivity index (χ1v) is 4.88. The Balaban J connectivity index is 3.31. The average molecular weight is 362 g/mol. The summed E-state index contributed by atoms with van der Waals surface area (Å²) >= 11 is 4.11. The fraction of sp³-hybridized carbons (Fsp3) is 0.143. The number of hydrogen-bond acceptors (Lipinski definition) is 0. The monoisotopic (exact) mass is 362 g/mol.